The molecule has 0 bridgehead atoms. The lowest BCUT2D eigenvalue weighted by Crippen LogP contribution is -2.46. The largest absolute Gasteiger partial charge is 0.494 e. The summed E-state index contributed by atoms with van der Waals surface area (Å²) >= 11 is 0. The van der Waals surface area contributed by atoms with E-state index in [9.17, 15) is 0 Å². The highest BCUT2D eigenvalue weighted by molar-refractivity contribution is 5.86. The van der Waals surface area contributed by atoms with Gasteiger partial charge in [-0.2, -0.15) is 0 Å². The van der Waals surface area contributed by atoms with Gasteiger partial charge in [0.15, 0.2) is 0 Å². The van der Waals surface area contributed by atoms with Gasteiger partial charge in [-0.25, -0.2) is 0 Å². The third-order valence-corrected chi connectivity index (χ3v) is 5.02. The number of piperazine rings is 1. The molecule has 0 aromatic heterocycles. The van der Waals surface area contributed by atoms with Crippen molar-refractivity contribution in [3.63, 3.8) is 0 Å². The molecule has 1 aromatic carbocycles. The molecule has 0 saturated carbocycles. The van der Waals surface area contributed by atoms with E-state index in [1.54, 1.807) is 0 Å². The maximum Gasteiger partial charge on any atom is 0.119 e. The molecule has 0 radical (unpaired) electrons. The van der Waals surface area contributed by atoms with Crippen LogP contribution in [0.3, 0.4) is 0 Å². The molecule has 7 heteroatoms. The highest BCUT2D eigenvalue weighted by atomic mass is 35.5. The Labute approximate surface area is 190 Å². The Morgan fingerprint density at radius 3 is 1.75 bits per heavy atom. The van der Waals surface area contributed by atoms with Gasteiger partial charge in [0.1, 0.15) is 5.75 Å². The normalized spacial score (nSPS) is 14.5. The number of nitrogens with zero attached hydrogens (tertiary/aromatic N) is 2. The first kappa shape index (κ1) is 30.0. The van der Waals surface area contributed by atoms with E-state index < -0.39 is 0 Å². The van der Waals surface area contributed by atoms with E-state index >= 15 is 0 Å². The first-order valence-electron chi connectivity index (χ1n) is 10.2. The van der Waals surface area contributed by atoms with Gasteiger partial charge in [0.2, 0.25) is 0 Å². The number of halogens is 3. The van der Waals surface area contributed by atoms with Crippen LogP contribution in [0.2, 0.25) is 0 Å². The molecule has 0 spiro atoms. The molecule has 1 saturated heterocycles. The zero-order valence-electron chi connectivity index (χ0n) is 17.1. The van der Waals surface area contributed by atoms with Gasteiger partial charge in [0.05, 0.1) is 6.61 Å². The third kappa shape index (κ3) is 13.9. The Hall–Kier alpha value is -0.230. The lowest BCUT2D eigenvalue weighted by molar-refractivity contribution is 0.129. The van der Waals surface area contributed by atoms with Gasteiger partial charge < -0.3 is 20.3 Å². The van der Waals surface area contributed by atoms with E-state index in [4.69, 9.17) is 10.5 Å². The average molecular weight is 457 g/mol. The fourth-order valence-corrected chi connectivity index (χ4v) is 3.39. The maximum atomic E-state index is 5.73. The molecule has 1 aromatic rings. The van der Waals surface area contributed by atoms with Crippen LogP contribution < -0.4 is 10.5 Å². The summed E-state index contributed by atoms with van der Waals surface area (Å²) in [5.74, 6) is 0.990. The zero-order valence-corrected chi connectivity index (χ0v) is 19.5. The second-order valence-electron chi connectivity index (χ2n) is 7.11. The molecular weight excluding hydrogens is 417 g/mol. The molecule has 1 aliphatic rings. The molecule has 0 aliphatic carbocycles. The third-order valence-electron chi connectivity index (χ3n) is 5.02. The van der Waals surface area contributed by atoms with Crippen LogP contribution in [0.1, 0.15) is 44.9 Å². The lowest BCUT2D eigenvalue weighted by Gasteiger charge is -2.34. The number of ether oxygens (including phenoxy) is 1. The number of nitrogens with two attached hydrogens (primary N) is 1. The van der Waals surface area contributed by atoms with Crippen molar-refractivity contribution in [2.45, 2.75) is 44.9 Å². The van der Waals surface area contributed by atoms with Crippen molar-refractivity contribution >= 4 is 37.2 Å². The van der Waals surface area contributed by atoms with Gasteiger partial charge in [0, 0.05) is 26.2 Å². The van der Waals surface area contributed by atoms with Gasteiger partial charge in [-0.15, -0.1) is 37.2 Å². The molecule has 0 amide bonds. The highest BCUT2D eigenvalue weighted by Crippen LogP contribution is 2.11. The molecule has 1 aliphatic heterocycles. The van der Waals surface area contributed by atoms with Crippen molar-refractivity contribution < 1.29 is 4.74 Å². The Bertz CT molecular complexity index is 432. The monoisotopic (exact) mass is 455 g/mol. The fraction of sp³-hybridized carbons (Fsp3) is 0.714. The fourth-order valence-electron chi connectivity index (χ4n) is 3.39. The smallest absolute Gasteiger partial charge is 0.119 e. The molecule has 0 unspecified atom stereocenters. The van der Waals surface area contributed by atoms with E-state index in [0.717, 1.165) is 31.7 Å². The summed E-state index contributed by atoms with van der Waals surface area (Å²) in [7, 11) is 0. The van der Waals surface area contributed by atoms with Crippen molar-refractivity contribution in [3.05, 3.63) is 30.3 Å². The average Bonchev–Trinajstić information content (AvgIpc) is 2.66. The summed E-state index contributed by atoms with van der Waals surface area (Å²) in [6.45, 7) is 9.14. The summed E-state index contributed by atoms with van der Waals surface area (Å²) < 4.78 is 5.73. The van der Waals surface area contributed by atoms with E-state index in [0.29, 0.717) is 0 Å². The van der Waals surface area contributed by atoms with E-state index in [1.807, 2.05) is 30.3 Å². The number of unbranched alkanes of at least 4 members (excludes halogenated alkanes) is 5. The van der Waals surface area contributed by atoms with Crippen molar-refractivity contribution in [2.75, 3.05) is 52.4 Å². The number of hydrogen-bond donors (Lipinski definition) is 1. The molecule has 1 heterocycles. The zero-order chi connectivity index (χ0) is 17.6. The van der Waals surface area contributed by atoms with Crippen LogP contribution in [-0.4, -0.2) is 62.2 Å². The van der Waals surface area contributed by atoms with Crippen LogP contribution in [0, 0.1) is 0 Å². The Morgan fingerprint density at radius 2 is 1.18 bits per heavy atom. The number of benzene rings is 1. The summed E-state index contributed by atoms with van der Waals surface area (Å²) in [5.41, 5.74) is 5.57. The molecular formula is C21H40Cl3N3O. The molecule has 2 rings (SSSR count). The van der Waals surface area contributed by atoms with Gasteiger partial charge in [-0.1, -0.05) is 37.5 Å². The van der Waals surface area contributed by atoms with Gasteiger partial charge >= 0.3 is 0 Å². The van der Waals surface area contributed by atoms with Gasteiger partial charge in [-0.05, 0) is 57.5 Å². The summed E-state index contributed by atoms with van der Waals surface area (Å²) in [6.07, 6.45) is 8.88. The lowest BCUT2D eigenvalue weighted by atomic mass is 10.1. The van der Waals surface area contributed by atoms with E-state index in [-0.39, 0.29) is 37.2 Å². The first-order chi connectivity index (χ1) is 12.4. The Balaban J connectivity index is 0. The second kappa shape index (κ2) is 20.1. The summed E-state index contributed by atoms with van der Waals surface area (Å²) in [6, 6.07) is 10.1. The van der Waals surface area contributed by atoms with Crippen LogP contribution in [0.25, 0.3) is 0 Å². The number of hydrogen-bond acceptors (Lipinski definition) is 4. The predicted molar refractivity (Wildman–Crippen MR) is 128 cm³/mol. The standard InChI is InChI=1S/C21H37N3O.3ClH/c22-13-7-9-15-24-18-16-23(17-19-24)14-8-2-1-3-10-20-25-21-11-5-4-6-12-21;;;/h4-6,11-12H,1-3,7-10,13-20,22H2;3*1H. The number of rotatable bonds is 13. The van der Waals surface area contributed by atoms with Crippen molar-refractivity contribution in [1.82, 2.24) is 9.80 Å². The highest BCUT2D eigenvalue weighted by Gasteiger charge is 2.15. The maximum absolute atomic E-state index is 5.73. The molecule has 1 fully saturated rings. The Morgan fingerprint density at radius 1 is 0.679 bits per heavy atom. The minimum absolute atomic E-state index is 0. The molecule has 28 heavy (non-hydrogen) atoms. The van der Waals surface area contributed by atoms with Crippen LogP contribution in [0.4, 0.5) is 0 Å². The Kier molecular flexibility index (Phi) is 21.5. The van der Waals surface area contributed by atoms with Gasteiger partial charge in [-0.3, -0.25) is 0 Å². The topological polar surface area (TPSA) is 41.7 Å². The summed E-state index contributed by atoms with van der Waals surface area (Å²) in [5, 5.41) is 0. The SMILES string of the molecule is Cl.Cl.Cl.NCCCCN1CCN(CCCCCCCOc2ccccc2)CC1. The molecule has 166 valence electrons. The number of para-hydroxylation sites is 1. The van der Waals surface area contributed by atoms with Crippen LogP contribution in [0.5, 0.6) is 5.75 Å². The van der Waals surface area contributed by atoms with E-state index in [1.165, 1.54) is 71.4 Å². The van der Waals surface area contributed by atoms with Gasteiger partial charge in [0.25, 0.3) is 0 Å². The van der Waals surface area contributed by atoms with Crippen LogP contribution in [-0.2, 0) is 0 Å². The van der Waals surface area contributed by atoms with Crippen molar-refractivity contribution in [1.29, 1.82) is 0 Å². The minimum Gasteiger partial charge on any atom is -0.494 e. The molecule has 0 atom stereocenters. The van der Waals surface area contributed by atoms with Crippen LogP contribution >= 0.6 is 37.2 Å². The van der Waals surface area contributed by atoms with Crippen molar-refractivity contribution in [2.24, 2.45) is 5.73 Å². The minimum atomic E-state index is 0. The molecule has 2 N–H and O–H groups in total. The molecule has 4 nitrogen and oxygen atoms in total. The quantitative estimate of drug-likeness (QED) is 0.439. The second-order valence-corrected chi connectivity index (χ2v) is 7.11. The van der Waals surface area contributed by atoms with Crippen molar-refractivity contribution in [3.8, 4) is 5.75 Å². The van der Waals surface area contributed by atoms with E-state index in [2.05, 4.69) is 9.80 Å². The van der Waals surface area contributed by atoms with Crippen LogP contribution in [0.15, 0.2) is 30.3 Å². The predicted octanol–water partition coefficient (Wildman–Crippen LogP) is 4.64. The first-order valence-corrected chi connectivity index (χ1v) is 10.2. The summed E-state index contributed by atoms with van der Waals surface area (Å²) in [4.78, 5) is 5.23.